The molecule has 0 amide bonds. The third-order valence-electron chi connectivity index (χ3n) is 0. The summed E-state index contributed by atoms with van der Waals surface area (Å²) in [6.07, 6.45) is 0. The van der Waals surface area contributed by atoms with E-state index in [9.17, 15) is 0 Å². The molecule has 10 heavy (non-hydrogen) atoms. The summed E-state index contributed by atoms with van der Waals surface area (Å²) in [6.45, 7) is 0. The second-order valence-electron chi connectivity index (χ2n) is 0.500. The maximum absolute atomic E-state index is 8.52. The molecule has 0 N–H and O–H groups in total. The van der Waals surface area contributed by atoms with Gasteiger partial charge in [-0.15, -0.1) is 0 Å². The maximum Gasteiger partial charge on any atom is 3.00 e. The Bertz CT molecular complexity index is 73.7. The van der Waals surface area contributed by atoms with Crippen molar-refractivity contribution in [2.24, 2.45) is 0 Å². The van der Waals surface area contributed by atoms with Crippen LogP contribution in [0.1, 0.15) is 0 Å². The summed E-state index contributed by atoms with van der Waals surface area (Å²) in [5, 5.41) is 0. The Morgan fingerprint density at radius 1 is 0.800 bits per heavy atom. The zero-order chi connectivity index (χ0) is 7.15. The molecule has 0 aromatic carbocycles. The average Bonchev–Trinajstić information content (AvgIpc) is 1.25. The molecule has 0 saturated carbocycles. The van der Waals surface area contributed by atoms with Crippen molar-refractivity contribution in [1.29, 1.82) is 0 Å². The Morgan fingerprint density at radius 2 is 0.800 bits per heavy atom. The van der Waals surface area contributed by atoms with E-state index in [1.54, 1.807) is 0 Å². The predicted molar refractivity (Wildman–Crippen MR) is 24.4 cm³/mol. The summed E-state index contributed by atoms with van der Waals surface area (Å²) in [7, 11) is -7.26. The smallest absolute Gasteiger partial charge is 0.672 e. The van der Waals surface area contributed by atoms with Crippen LogP contribution >= 0.6 is 0 Å². The number of rotatable bonds is 0. The van der Waals surface area contributed by atoms with E-state index >= 15 is 0 Å². The van der Waals surface area contributed by atoms with Crippen LogP contribution in [0.15, 0.2) is 0 Å². The average molecular weight is 203 g/mol. The Balaban J connectivity index is -0.0000000300. The van der Waals surface area contributed by atoms with Gasteiger partial charge in [0, 0.05) is 18.3 Å². The van der Waals surface area contributed by atoms with Crippen LogP contribution in [0.4, 0.5) is 0 Å². The van der Waals surface area contributed by atoms with Crippen LogP contribution in [-0.2, 0) is 8.92 Å². The third kappa shape index (κ3) is 1710. The van der Waals surface area contributed by atoms with Crippen molar-refractivity contribution in [2.45, 2.75) is 0 Å². The summed E-state index contributed by atoms with van der Waals surface area (Å²) in [5.41, 5.74) is 0. The van der Waals surface area contributed by atoms with Gasteiger partial charge in [0.25, 0.3) is 0 Å². The normalized spacial score (nSPS) is 4.80. The molecule has 0 spiro atoms. The van der Waals surface area contributed by atoms with Crippen LogP contribution in [0, 0.1) is 0 Å². The molecule has 0 radical (unpaired) electrons. The van der Waals surface area contributed by atoms with E-state index in [4.69, 9.17) is 28.1 Å². The standard InChI is InChI=1S/Al.Mg.2O3Si/c;;2*1-4(2)3/q+3;+2;2*-2. The van der Waals surface area contributed by atoms with Crippen LogP contribution in [0.5, 0.6) is 0 Å². The van der Waals surface area contributed by atoms with Crippen molar-refractivity contribution < 1.29 is 28.1 Å². The number of hydrogen-bond acceptors (Lipinski definition) is 6. The van der Waals surface area contributed by atoms with Gasteiger partial charge < -0.3 is 28.1 Å². The van der Waals surface area contributed by atoms with E-state index in [1.807, 2.05) is 0 Å². The SMILES string of the molecule is O=[Si]([O-])[O-].O=[Si]([O-])[O-].[Al+3].[Mg+2]. The molecule has 0 rings (SSSR count). The van der Waals surface area contributed by atoms with Gasteiger partial charge >= 0.3 is 40.4 Å². The molecule has 48 valence electrons. The van der Waals surface area contributed by atoms with E-state index in [0.717, 1.165) is 0 Å². The summed E-state index contributed by atoms with van der Waals surface area (Å²) in [4.78, 5) is 34.1. The first-order valence-electron chi connectivity index (χ1n) is 1.22. The zero-order valence-electron chi connectivity index (χ0n) is 4.73. The minimum absolute atomic E-state index is 0. The zero-order valence-corrected chi connectivity index (χ0v) is 9.30. The summed E-state index contributed by atoms with van der Waals surface area (Å²) < 4.78 is 17.0. The molecule has 0 bridgehead atoms. The van der Waals surface area contributed by atoms with Gasteiger partial charge in [-0.3, -0.25) is 0 Å². The summed E-state index contributed by atoms with van der Waals surface area (Å²) >= 11 is 0. The Kier molecular flexibility index (Phi) is 36.5. The fraction of sp³-hybridized carbons (Fsp3) is 0. The van der Waals surface area contributed by atoms with Gasteiger partial charge in [-0.2, -0.15) is 0 Å². The first-order valence-corrected chi connectivity index (χ1v) is 3.67. The largest absolute Gasteiger partial charge is 3.00 e. The van der Waals surface area contributed by atoms with Crippen molar-refractivity contribution in [1.82, 2.24) is 0 Å². The Morgan fingerprint density at radius 3 is 0.800 bits per heavy atom. The summed E-state index contributed by atoms with van der Waals surface area (Å²) in [6, 6.07) is 0. The topological polar surface area (TPSA) is 126 Å². The van der Waals surface area contributed by atoms with Crippen LogP contribution < -0.4 is 19.2 Å². The molecule has 0 aromatic rings. The summed E-state index contributed by atoms with van der Waals surface area (Å²) in [5.74, 6) is 0. The number of hydrogen-bond donors (Lipinski definition) is 0. The van der Waals surface area contributed by atoms with E-state index in [0.29, 0.717) is 0 Å². The molecule has 0 aliphatic carbocycles. The monoisotopic (exact) mass is 203 g/mol. The molecule has 0 unspecified atom stereocenters. The van der Waals surface area contributed by atoms with Gasteiger partial charge in [0.05, 0.1) is 0 Å². The van der Waals surface area contributed by atoms with Crippen LogP contribution in [0.2, 0.25) is 0 Å². The van der Waals surface area contributed by atoms with Crippen molar-refractivity contribution >= 4 is 58.8 Å². The van der Waals surface area contributed by atoms with E-state index in [1.165, 1.54) is 0 Å². The first-order chi connectivity index (χ1) is 3.46. The predicted octanol–water partition coefficient (Wildman–Crippen LogP) is -6.52. The van der Waals surface area contributed by atoms with Crippen molar-refractivity contribution in [3.05, 3.63) is 0 Å². The van der Waals surface area contributed by atoms with E-state index < -0.39 is 18.3 Å². The molecule has 0 fully saturated rings. The van der Waals surface area contributed by atoms with Crippen LogP contribution in [0.3, 0.4) is 0 Å². The van der Waals surface area contributed by atoms with Crippen LogP contribution in [-0.4, -0.2) is 58.8 Å². The molecule has 0 aromatic heterocycles. The van der Waals surface area contributed by atoms with E-state index in [2.05, 4.69) is 0 Å². The van der Waals surface area contributed by atoms with E-state index in [-0.39, 0.29) is 40.4 Å². The van der Waals surface area contributed by atoms with Gasteiger partial charge in [-0.1, -0.05) is 0 Å². The Labute approximate surface area is 86.6 Å². The van der Waals surface area contributed by atoms with Gasteiger partial charge in [0.1, 0.15) is 0 Å². The van der Waals surface area contributed by atoms with Crippen LogP contribution in [0.25, 0.3) is 0 Å². The van der Waals surface area contributed by atoms with Crippen molar-refractivity contribution in [3.8, 4) is 0 Å². The van der Waals surface area contributed by atoms with Crippen molar-refractivity contribution in [2.75, 3.05) is 0 Å². The maximum atomic E-state index is 8.52. The second-order valence-corrected chi connectivity index (χ2v) is 1.50. The molecular weight excluding hydrogens is 203 g/mol. The molecule has 0 aliphatic rings. The molecule has 0 heterocycles. The quantitative estimate of drug-likeness (QED) is 0.360. The second kappa shape index (κ2) is 16.3. The first kappa shape index (κ1) is 22.4. The van der Waals surface area contributed by atoms with Gasteiger partial charge in [0.15, 0.2) is 0 Å². The van der Waals surface area contributed by atoms with Crippen molar-refractivity contribution in [3.63, 3.8) is 0 Å². The minimum atomic E-state index is -3.63. The Hall–Kier alpha value is 0.532. The van der Waals surface area contributed by atoms with Gasteiger partial charge in [0.2, 0.25) is 0 Å². The van der Waals surface area contributed by atoms with Gasteiger partial charge in [-0.05, 0) is 0 Å². The fourth-order valence-corrected chi connectivity index (χ4v) is 0. The van der Waals surface area contributed by atoms with Gasteiger partial charge in [-0.25, -0.2) is 0 Å². The molecule has 10 heteroatoms. The molecule has 0 aliphatic heterocycles. The molecule has 0 saturated heterocycles. The third-order valence-corrected chi connectivity index (χ3v) is 0. The molecule has 0 atom stereocenters. The minimum Gasteiger partial charge on any atom is -0.672 e. The molecule has 6 nitrogen and oxygen atoms in total. The fourth-order valence-electron chi connectivity index (χ4n) is 0. The molecular formula is AlMgO6Si2+.